The van der Waals surface area contributed by atoms with Gasteiger partial charge in [0.05, 0.1) is 35.2 Å². The third-order valence-electron chi connectivity index (χ3n) is 11.3. The second-order valence-electron chi connectivity index (χ2n) is 15.4. The molecule has 0 fully saturated rings. The number of nitrogens with zero attached hydrogens (tertiary/aromatic N) is 1. The van der Waals surface area contributed by atoms with Crippen LogP contribution in [0.15, 0.2) is 68.3 Å². The normalized spacial score (nSPS) is 30.4. The number of anilines is 1. The van der Waals surface area contributed by atoms with Gasteiger partial charge in [-0.2, -0.15) is 0 Å². The molecule has 1 amide bonds. The number of esters is 1. The Hall–Kier alpha value is -5.77. The molecule has 2 aliphatic heterocycles. The van der Waals surface area contributed by atoms with E-state index in [9.17, 15) is 39.6 Å². The second kappa shape index (κ2) is 15.9. The van der Waals surface area contributed by atoms with Crippen LogP contribution in [0.25, 0.3) is 38.7 Å². The zero-order valence-electron chi connectivity index (χ0n) is 33.6. The van der Waals surface area contributed by atoms with Gasteiger partial charge in [-0.15, -0.1) is 0 Å². The minimum atomic E-state index is -1.94. The number of allylic oxidation sites excluding steroid dienone is 2. The number of hydrogen-bond acceptors (Lipinski definition) is 14. The van der Waals surface area contributed by atoms with Gasteiger partial charge in [-0.3, -0.25) is 19.2 Å². The third-order valence-corrected chi connectivity index (χ3v) is 11.3. The van der Waals surface area contributed by atoms with Gasteiger partial charge < -0.3 is 49.1 Å². The van der Waals surface area contributed by atoms with Crippen molar-refractivity contribution < 1.29 is 53.4 Å². The molecule has 0 unspecified atom stereocenters. The van der Waals surface area contributed by atoms with Gasteiger partial charge in [-0.05, 0) is 32.1 Å². The lowest BCUT2D eigenvalue weighted by Crippen LogP contribution is -2.46. The molecule has 58 heavy (non-hydrogen) atoms. The number of phenolic OH excluding ortho intramolecular Hbond substituents is 1. The van der Waals surface area contributed by atoms with Crippen molar-refractivity contribution in [2.24, 2.45) is 23.7 Å². The number of nitrogens with one attached hydrogen (secondary N) is 1. The fraction of sp³-hybridized carbons (Fsp3) is 0.419. The van der Waals surface area contributed by atoms with Crippen LogP contribution in [-0.2, 0) is 23.8 Å². The molecule has 0 spiro atoms. The van der Waals surface area contributed by atoms with Crippen molar-refractivity contribution >= 4 is 56.3 Å². The number of hydrogen-bond donors (Lipinski definition) is 5. The SMILES string of the molecule is CO[C@H]1/C=C/O[C@@]2(C)Oc3c(C)c(O)c4c(=O)c(c5oc6cc(=O)ccc6nc5c4c3=C2O)NC(=O)/C(C)=C\C=C\[C@H](C)[C@H](O)[C@@H](C)[C@@H](O)[C@@H](C)[C@H](OC(C)=O)[C@@H]1C. The summed E-state index contributed by atoms with van der Waals surface area (Å²) in [4.78, 5) is 57.6. The molecular weight excluding hydrogens is 752 g/mol. The van der Waals surface area contributed by atoms with Crippen molar-refractivity contribution in [1.82, 2.24) is 4.98 Å². The van der Waals surface area contributed by atoms with Crippen molar-refractivity contribution in [2.75, 3.05) is 12.4 Å². The van der Waals surface area contributed by atoms with Gasteiger partial charge in [0.2, 0.25) is 5.43 Å². The number of aromatic nitrogens is 1. The van der Waals surface area contributed by atoms with E-state index in [0.717, 1.165) is 0 Å². The van der Waals surface area contributed by atoms with Crippen LogP contribution in [0, 0.1) is 30.6 Å². The summed E-state index contributed by atoms with van der Waals surface area (Å²) in [6.45, 7) is 12.6. The van der Waals surface area contributed by atoms with Crippen LogP contribution in [0.3, 0.4) is 0 Å². The first-order valence-electron chi connectivity index (χ1n) is 18.9. The summed E-state index contributed by atoms with van der Waals surface area (Å²) in [7, 11) is 1.44. The number of carbonyl (C=O) groups is 2. The predicted molar refractivity (Wildman–Crippen MR) is 215 cm³/mol. The Morgan fingerprint density at radius 3 is 2.34 bits per heavy atom. The van der Waals surface area contributed by atoms with Crippen molar-refractivity contribution in [1.29, 1.82) is 0 Å². The summed E-state index contributed by atoms with van der Waals surface area (Å²) >= 11 is 0. The van der Waals surface area contributed by atoms with Gasteiger partial charge in [0.15, 0.2) is 22.4 Å². The molecular formula is C43H48N2O13. The summed E-state index contributed by atoms with van der Waals surface area (Å²) < 4.78 is 29.9. The number of aliphatic hydroxyl groups excluding tert-OH is 3. The van der Waals surface area contributed by atoms with Crippen molar-refractivity contribution in [3.8, 4) is 11.5 Å². The predicted octanol–water partition coefficient (Wildman–Crippen LogP) is 4.56. The van der Waals surface area contributed by atoms with Crippen molar-refractivity contribution in [3.05, 3.63) is 85.6 Å². The third kappa shape index (κ3) is 7.29. The monoisotopic (exact) mass is 800 g/mol. The van der Waals surface area contributed by atoms with Gasteiger partial charge in [0, 0.05) is 67.2 Å². The molecule has 0 aliphatic carbocycles. The van der Waals surface area contributed by atoms with E-state index in [4.69, 9.17) is 28.3 Å². The maximum absolute atomic E-state index is 14.5. The Bertz CT molecular complexity index is 2600. The molecule has 9 atom stereocenters. The van der Waals surface area contributed by atoms with E-state index in [1.807, 2.05) is 0 Å². The Morgan fingerprint density at radius 2 is 1.67 bits per heavy atom. The van der Waals surface area contributed by atoms with E-state index < -0.39 is 88.1 Å². The highest BCUT2D eigenvalue weighted by Crippen LogP contribution is 2.42. The number of methoxy groups -OCH3 is 1. The molecule has 4 aromatic rings. The maximum Gasteiger partial charge on any atom is 0.307 e. The molecule has 0 radical (unpaired) electrons. The molecule has 308 valence electrons. The number of carbonyl (C=O) groups excluding carboxylic acids is 2. The number of ether oxygens (including phenoxy) is 4. The molecule has 0 saturated heterocycles. The number of rotatable bonds is 2. The fourth-order valence-electron chi connectivity index (χ4n) is 7.80. The van der Waals surface area contributed by atoms with E-state index in [1.165, 1.54) is 71.4 Å². The molecule has 1 aromatic heterocycles. The number of aliphatic hydroxyl groups is 3. The molecule has 15 heteroatoms. The van der Waals surface area contributed by atoms with Crippen LogP contribution in [0.5, 0.6) is 11.5 Å². The number of aromatic hydroxyl groups is 1. The average molecular weight is 801 g/mol. The largest absolute Gasteiger partial charge is 0.507 e. The average Bonchev–Trinajstić information content (AvgIpc) is 3.45. The van der Waals surface area contributed by atoms with Gasteiger partial charge in [-0.25, -0.2) is 4.98 Å². The summed E-state index contributed by atoms with van der Waals surface area (Å²) in [5.41, 5.74) is -1.53. The van der Waals surface area contributed by atoms with Crippen LogP contribution in [0.1, 0.15) is 54.0 Å². The smallest absolute Gasteiger partial charge is 0.307 e. The first kappa shape index (κ1) is 41.9. The molecule has 6 rings (SSSR count). The minimum Gasteiger partial charge on any atom is -0.507 e. The number of benzene rings is 3. The topological polar surface area (TPSA) is 224 Å². The van der Waals surface area contributed by atoms with E-state index in [2.05, 4.69) is 5.32 Å². The highest BCUT2D eigenvalue weighted by Gasteiger charge is 2.44. The van der Waals surface area contributed by atoms with E-state index in [-0.39, 0.29) is 60.8 Å². The van der Waals surface area contributed by atoms with Gasteiger partial charge in [0.1, 0.15) is 34.3 Å². The maximum atomic E-state index is 14.5. The molecule has 2 aliphatic rings. The van der Waals surface area contributed by atoms with Crippen LogP contribution >= 0.6 is 0 Å². The molecule has 3 aromatic carbocycles. The van der Waals surface area contributed by atoms with Crippen LogP contribution in [0.2, 0.25) is 0 Å². The molecule has 15 nitrogen and oxygen atoms in total. The quantitative estimate of drug-likeness (QED) is 0.107. The summed E-state index contributed by atoms with van der Waals surface area (Å²) in [6, 6.07) is 3.87. The molecule has 5 N–H and O–H groups in total. The zero-order chi connectivity index (χ0) is 42.5. The van der Waals surface area contributed by atoms with E-state index in [1.54, 1.807) is 39.8 Å². The summed E-state index contributed by atoms with van der Waals surface area (Å²) in [6.07, 6.45) is 3.55. The fourth-order valence-corrected chi connectivity index (χ4v) is 7.80. The van der Waals surface area contributed by atoms with E-state index in [0.29, 0.717) is 0 Å². The van der Waals surface area contributed by atoms with Crippen LogP contribution in [-0.4, -0.2) is 74.6 Å². The molecule has 3 heterocycles. The van der Waals surface area contributed by atoms with Gasteiger partial charge in [0.25, 0.3) is 5.91 Å². The van der Waals surface area contributed by atoms with Crippen molar-refractivity contribution in [2.45, 2.75) is 85.6 Å². The summed E-state index contributed by atoms with van der Waals surface area (Å²) in [5.74, 6) is -6.77. The van der Waals surface area contributed by atoms with E-state index >= 15 is 0 Å². The first-order chi connectivity index (χ1) is 27.3. The number of amides is 1. The lowest BCUT2D eigenvalue weighted by Gasteiger charge is -2.38. The first-order valence-corrected chi connectivity index (χ1v) is 18.9. The minimum absolute atomic E-state index is 0.00694. The zero-order valence-corrected chi connectivity index (χ0v) is 33.6. The molecule has 0 saturated carbocycles. The van der Waals surface area contributed by atoms with Gasteiger partial charge >= 0.3 is 11.8 Å². The second-order valence-corrected chi connectivity index (χ2v) is 15.4. The summed E-state index contributed by atoms with van der Waals surface area (Å²) in [5, 5.41) is 48.7. The van der Waals surface area contributed by atoms with Crippen LogP contribution < -0.4 is 26.1 Å². The Balaban J connectivity index is 1.62. The van der Waals surface area contributed by atoms with Crippen LogP contribution in [0.4, 0.5) is 5.69 Å². The molecule has 4 bridgehead atoms. The highest BCUT2D eigenvalue weighted by atomic mass is 16.7. The Morgan fingerprint density at radius 1 is 0.966 bits per heavy atom. The van der Waals surface area contributed by atoms with Crippen molar-refractivity contribution in [3.63, 3.8) is 0 Å². The highest BCUT2D eigenvalue weighted by molar-refractivity contribution is 6.16. The Labute approximate surface area is 332 Å². The number of fused-ring (bicyclic) bond motifs is 2. The van der Waals surface area contributed by atoms with Gasteiger partial charge in [-0.1, -0.05) is 45.9 Å². The lowest BCUT2D eigenvalue weighted by atomic mass is 9.78. The standard InChI is InChI=1S/C43H48N2O13/c1-18-11-10-12-19(2)42(53)45-33-37(51)30-29(32-40(33)57-28-17-25(47)13-14-26(28)44-32)31-39(23(6)36(30)50)58-43(8,41(31)52)55-16-15-27(54-9)20(3)38(56-24(7)46)22(5)35(49)21(4)34(18)48/h10-18,20-22,27,34-35,38,48-50,52H,1-9H3,(H,45,53)/b11-10+,16-15+,19-12-/t18-,20+,21+,22+,27-,34-,35+,38+,43-/m0/s1. The lowest BCUT2D eigenvalue weighted by molar-refractivity contribution is -0.160. The number of phenols is 1. The Kier molecular flexibility index (Phi) is 11.5.